The minimum atomic E-state index is -0.695. The monoisotopic (exact) mass is 294 g/mol. The van der Waals surface area contributed by atoms with E-state index in [0.29, 0.717) is 19.1 Å². The van der Waals surface area contributed by atoms with Crippen molar-refractivity contribution in [1.82, 2.24) is 4.90 Å². The molecule has 2 rings (SSSR count). The molecular formula is C16H23FN2O2. The Kier molecular flexibility index (Phi) is 4.96. The second kappa shape index (κ2) is 6.54. The molecule has 116 valence electrons. The van der Waals surface area contributed by atoms with Gasteiger partial charge in [0.2, 0.25) is 5.91 Å². The zero-order chi connectivity index (χ0) is 15.6. The van der Waals surface area contributed by atoms with Gasteiger partial charge in [-0.1, -0.05) is 6.07 Å². The minimum Gasteiger partial charge on any atom is -0.387 e. The van der Waals surface area contributed by atoms with Crippen LogP contribution < -0.4 is 5.73 Å². The van der Waals surface area contributed by atoms with Crippen molar-refractivity contribution in [3.8, 4) is 0 Å². The van der Waals surface area contributed by atoms with Crippen LogP contribution in [0.4, 0.5) is 4.39 Å². The molecule has 3 N–H and O–H groups in total. The molecule has 1 saturated heterocycles. The van der Waals surface area contributed by atoms with Gasteiger partial charge in [-0.25, -0.2) is 4.39 Å². The molecule has 0 saturated carbocycles. The van der Waals surface area contributed by atoms with Crippen molar-refractivity contribution in [1.29, 1.82) is 0 Å². The Hall–Kier alpha value is -1.46. The van der Waals surface area contributed by atoms with Crippen molar-refractivity contribution in [2.24, 2.45) is 11.7 Å². The van der Waals surface area contributed by atoms with Gasteiger partial charge in [-0.3, -0.25) is 9.69 Å². The number of nitrogens with zero attached hydrogens (tertiary/aromatic N) is 1. The van der Waals surface area contributed by atoms with Crippen molar-refractivity contribution in [3.63, 3.8) is 0 Å². The molecule has 1 aliphatic heterocycles. The highest BCUT2D eigenvalue weighted by Gasteiger charge is 2.30. The molecule has 1 aromatic rings. The third kappa shape index (κ3) is 3.80. The SMILES string of the molecule is Cc1cc(F)ccc1C(O)CN1CC(C(N)=O)CCC1C. The Labute approximate surface area is 124 Å². The molecule has 1 aliphatic rings. The van der Waals surface area contributed by atoms with Gasteiger partial charge in [0.1, 0.15) is 5.82 Å². The summed E-state index contributed by atoms with van der Waals surface area (Å²) in [6.07, 6.45) is 1.00. The summed E-state index contributed by atoms with van der Waals surface area (Å²) < 4.78 is 13.1. The number of benzene rings is 1. The normalized spacial score (nSPS) is 24.8. The number of hydrogen-bond donors (Lipinski definition) is 2. The van der Waals surface area contributed by atoms with Crippen LogP contribution in [-0.4, -0.2) is 35.0 Å². The van der Waals surface area contributed by atoms with Crippen LogP contribution in [-0.2, 0) is 4.79 Å². The van der Waals surface area contributed by atoms with E-state index in [1.165, 1.54) is 12.1 Å². The fourth-order valence-electron chi connectivity index (χ4n) is 3.00. The molecule has 1 aromatic carbocycles. The summed E-state index contributed by atoms with van der Waals surface area (Å²) in [5.74, 6) is -0.731. The van der Waals surface area contributed by atoms with Gasteiger partial charge in [-0.15, -0.1) is 0 Å². The van der Waals surface area contributed by atoms with Crippen molar-refractivity contribution in [2.75, 3.05) is 13.1 Å². The molecule has 3 atom stereocenters. The van der Waals surface area contributed by atoms with E-state index in [2.05, 4.69) is 11.8 Å². The van der Waals surface area contributed by atoms with E-state index in [-0.39, 0.29) is 17.6 Å². The highest BCUT2D eigenvalue weighted by atomic mass is 19.1. The molecule has 1 fully saturated rings. The van der Waals surface area contributed by atoms with Crippen LogP contribution in [0.25, 0.3) is 0 Å². The predicted octanol–water partition coefficient (Wildman–Crippen LogP) is 1.75. The Morgan fingerprint density at radius 3 is 2.86 bits per heavy atom. The second-order valence-electron chi connectivity index (χ2n) is 6.00. The van der Waals surface area contributed by atoms with E-state index >= 15 is 0 Å². The first-order valence-electron chi connectivity index (χ1n) is 7.36. The van der Waals surface area contributed by atoms with Crippen LogP contribution in [0.1, 0.15) is 37.0 Å². The first-order valence-corrected chi connectivity index (χ1v) is 7.36. The maximum Gasteiger partial charge on any atom is 0.221 e. The standard InChI is InChI=1S/C16H23FN2O2/c1-10-7-13(17)5-6-14(10)15(20)9-19-8-12(16(18)21)4-3-11(19)2/h5-7,11-12,15,20H,3-4,8-9H2,1-2H3,(H2,18,21). The maximum atomic E-state index is 13.1. The number of carbonyl (C=O) groups is 1. The van der Waals surface area contributed by atoms with Gasteiger partial charge in [-0.2, -0.15) is 0 Å². The van der Waals surface area contributed by atoms with E-state index < -0.39 is 6.10 Å². The molecule has 3 unspecified atom stereocenters. The number of likely N-dealkylation sites (tertiary alicyclic amines) is 1. The molecule has 1 heterocycles. The topological polar surface area (TPSA) is 66.6 Å². The lowest BCUT2D eigenvalue weighted by Crippen LogP contribution is -2.47. The average molecular weight is 294 g/mol. The maximum absolute atomic E-state index is 13.1. The summed E-state index contributed by atoms with van der Waals surface area (Å²) in [6.45, 7) is 4.88. The third-order valence-electron chi connectivity index (χ3n) is 4.41. The highest BCUT2D eigenvalue weighted by molar-refractivity contribution is 5.76. The number of rotatable bonds is 4. The van der Waals surface area contributed by atoms with Crippen LogP contribution in [0.5, 0.6) is 0 Å². The Bertz CT molecular complexity index is 521. The Balaban J connectivity index is 2.06. The Morgan fingerprint density at radius 2 is 2.24 bits per heavy atom. The summed E-state index contributed by atoms with van der Waals surface area (Å²) in [5.41, 5.74) is 6.85. The number of β-amino-alcohol motifs (C(OH)–C–C–N with tert-alkyl or cyclic N) is 1. The average Bonchev–Trinajstić information content (AvgIpc) is 2.40. The van der Waals surface area contributed by atoms with Gasteiger partial charge in [0.25, 0.3) is 0 Å². The van der Waals surface area contributed by atoms with Gasteiger partial charge in [-0.05, 0) is 49.9 Å². The van der Waals surface area contributed by atoms with Crippen LogP contribution in [0.15, 0.2) is 18.2 Å². The number of piperidine rings is 1. The number of amides is 1. The molecular weight excluding hydrogens is 271 g/mol. The number of aliphatic hydroxyl groups excluding tert-OH is 1. The van der Waals surface area contributed by atoms with Crippen molar-refractivity contribution >= 4 is 5.91 Å². The minimum absolute atomic E-state index is 0.150. The number of primary amides is 1. The van der Waals surface area contributed by atoms with E-state index in [0.717, 1.165) is 24.0 Å². The second-order valence-corrected chi connectivity index (χ2v) is 6.00. The number of nitrogens with two attached hydrogens (primary N) is 1. The summed E-state index contributed by atoms with van der Waals surface area (Å²) in [7, 11) is 0. The van der Waals surface area contributed by atoms with Crippen LogP contribution in [0.2, 0.25) is 0 Å². The van der Waals surface area contributed by atoms with E-state index in [1.807, 2.05) is 0 Å². The fraction of sp³-hybridized carbons (Fsp3) is 0.562. The molecule has 0 aliphatic carbocycles. The summed E-state index contributed by atoms with van der Waals surface area (Å²) >= 11 is 0. The van der Waals surface area contributed by atoms with E-state index in [1.54, 1.807) is 13.0 Å². The smallest absolute Gasteiger partial charge is 0.221 e. The summed E-state index contributed by atoms with van der Waals surface area (Å²) in [4.78, 5) is 13.4. The van der Waals surface area contributed by atoms with Gasteiger partial charge >= 0.3 is 0 Å². The highest BCUT2D eigenvalue weighted by Crippen LogP contribution is 2.26. The number of carbonyl (C=O) groups excluding carboxylic acids is 1. The largest absolute Gasteiger partial charge is 0.387 e. The van der Waals surface area contributed by atoms with Crippen LogP contribution in [0.3, 0.4) is 0 Å². The number of aliphatic hydroxyl groups is 1. The molecule has 0 radical (unpaired) electrons. The summed E-state index contributed by atoms with van der Waals surface area (Å²) in [5, 5.41) is 10.4. The van der Waals surface area contributed by atoms with Crippen molar-refractivity contribution in [3.05, 3.63) is 35.1 Å². The van der Waals surface area contributed by atoms with Gasteiger partial charge in [0.15, 0.2) is 0 Å². The molecule has 0 aromatic heterocycles. The molecule has 4 nitrogen and oxygen atoms in total. The zero-order valence-electron chi connectivity index (χ0n) is 12.6. The molecule has 1 amide bonds. The Morgan fingerprint density at radius 1 is 1.52 bits per heavy atom. The van der Waals surface area contributed by atoms with E-state index in [4.69, 9.17) is 5.73 Å². The number of aryl methyl sites for hydroxylation is 1. The van der Waals surface area contributed by atoms with Gasteiger partial charge in [0.05, 0.1) is 12.0 Å². The molecule has 0 bridgehead atoms. The lowest BCUT2D eigenvalue weighted by Gasteiger charge is -2.38. The summed E-state index contributed by atoms with van der Waals surface area (Å²) in [6, 6.07) is 4.70. The molecule has 0 spiro atoms. The van der Waals surface area contributed by atoms with Gasteiger partial charge in [0, 0.05) is 19.1 Å². The van der Waals surface area contributed by atoms with Crippen LogP contribution >= 0.6 is 0 Å². The first kappa shape index (κ1) is 15.9. The van der Waals surface area contributed by atoms with Crippen LogP contribution in [0, 0.1) is 18.7 Å². The zero-order valence-corrected chi connectivity index (χ0v) is 12.6. The van der Waals surface area contributed by atoms with Crippen molar-refractivity contribution in [2.45, 2.75) is 38.8 Å². The van der Waals surface area contributed by atoms with Gasteiger partial charge < -0.3 is 10.8 Å². The molecule has 5 heteroatoms. The number of halogens is 1. The van der Waals surface area contributed by atoms with E-state index in [9.17, 15) is 14.3 Å². The quantitative estimate of drug-likeness (QED) is 0.889. The lowest BCUT2D eigenvalue weighted by molar-refractivity contribution is -0.124. The first-order chi connectivity index (χ1) is 9.88. The third-order valence-corrected chi connectivity index (χ3v) is 4.41. The number of hydrogen-bond acceptors (Lipinski definition) is 3. The van der Waals surface area contributed by atoms with Crippen molar-refractivity contribution < 1.29 is 14.3 Å². The fourth-order valence-corrected chi connectivity index (χ4v) is 3.00. The molecule has 21 heavy (non-hydrogen) atoms. The lowest BCUT2D eigenvalue weighted by atomic mass is 9.92. The predicted molar refractivity (Wildman–Crippen MR) is 79.1 cm³/mol.